The first-order valence-corrected chi connectivity index (χ1v) is 6.34. The fraction of sp³-hybridized carbons (Fsp3) is 0.250. The Labute approximate surface area is 114 Å². The maximum Gasteiger partial charge on any atom is 0.228 e. The molecule has 0 aliphatic carbocycles. The highest BCUT2D eigenvalue weighted by Gasteiger charge is 2.08. The van der Waals surface area contributed by atoms with Gasteiger partial charge in [-0.2, -0.15) is 15.0 Å². The summed E-state index contributed by atoms with van der Waals surface area (Å²) in [5.41, 5.74) is 6.73. The molecule has 5 nitrogen and oxygen atoms in total. The van der Waals surface area contributed by atoms with Gasteiger partial charge in [0.2, 0.25) is 11.9 Å². The predicted molar refractivity (Wildman–Crippen MR) is 75.2 cm³/mol. The summed E-state index contributed by atoms with van der Waals surface area (Å²) >= 11 is 3.45. The van der Waals surface area contributed by atoms with Crippen molar-refractivity contribution in [3.05, 3.63) is 40.1 Å². The average Bonchev–Trinajstić information content (AvgIpc) is 2.27. The molecule has 1 atom stereocenters. The molecular formula is C12H14BrN5. The van der Waals surface area contributed by atoms with Gasteiger partial charge in [-0.05, 0) is 31.5 Å². The summed E-state index contributed by atoms with van der Waals surface area (Å²) in [6, 6.07) is 8.16. The smallest absolute Gasteiger partial charge is 0.228 e. The van der Waals surface area contributed by atoms with Crippen molar-refractivity contribution in [1.29, 1.82) is 0 Å². The minimum absolute atomic E-state index is 0.0868. The Balaban J connectivity index is 2.18. The van der Waals surface area contributed by atoms with E-state index in [1.807, 2.05) is 25.1 Å². The molecule has 0 radical (unpaired) electrons. The second-order valence-corrected chi connectivity index (χ2v) is 4.90. The Kier molecular flexibility index (Phi) is 3.76. The summed E-state index contributed by atoms with van der Waals surface area (Å²) in [5, 5.41) is 3.20. The van der Waals surface area contributed by atoms with Gasteiger partial charge in [-0.3, -0.25) is 0 Å². The number of nitrogens with one attached hydrogen (secondary N) is 1. The molecule has 1 aromatic heterocycles. The molecule has 0 aliphatic rings. The Morgan fingerprint density at radius 3 is 2.72 bits per heavy atom. The first-order chi connectivity index (χ1) is 8.54. The summed E-state index contributed by atoms with van der Waals surface area (Å²) in [7, 11) is 0. The minimum Gasteiger partial charge on any atom is -0.368 e. The van der Waals surface area contributed by atoms with Crippen molar-refractivity contribution in [1.82, 2.24) is 15.0 Å². The van der Waals surface area contributed by atoms with E-state index in [1.54, 1.807) is 6.92 Å². The highest BCUT2D eigenvalue weighted by atomic mass is 79.9. The fourth-order valence-electron chi connectivity index (χ4n) is 1.62. The van der Waals surface area contributed by atoms with Crippen LogP contribution < -0.4 is 11.1 Å². The maximum atomic E-state index is 5.59. The van der Waals surface area contributed by atoms with Crippen molar-refractivity contribution >= 4 is 27.8 Å². The van der Waals surface area contributed by atoms with Crippen LogP contribution in [0, 0.1) is 6.92 Å². The van der Waals surface area contributed by atoms with Gasteiger partial charge in [-0.15, -0.1) is 0 Å². The highest BCUT2D eigenvalue weighted by Crippen LogP contribution is 2.20. The van der Waals surface area contributed by atoms with E-state index in [0.29, 0.717) is 11.8 Å². The largest absolute Gasteiger partial charge is 0.368 e. The lowest BCUT2D eigenvalue weighted by Crippen LogP contribution is -2.12. The molecule has 1 aromatic carbocycles. The average molecular weight is 308 g/mol. The number of anilines is 2. The van der Waals surface area contributed by atoms with E-state index in [0.717, 1.165) is 10.0 Å². The van der Waals surface area contributed by atoms with Crippen LogP contribution in [-0.4, -0.2) is 15.0 Å². The van der Waals surface area contributed by atoms with Crippen LogP contribution in [0.3, 0.4) is 0 Å². The molecule has 0 bridgehead atoms. The van der Waals surface area contributed by atoms with Crippen LogP contribution in [0.4, 0.5) is 11.9 Å². The molecule has 94 valence electrons. The number of aromatic nitrogens is 3. The van der Waals surface area contributed by atoms with Gasteiger partial charge < -0.3 is 11.1 Å². The fourth-order valence-corrected chi connectivity index (χ4v) is 2.04. The zero-order valence-corrected chi connectivity index (χ0v) is 11.8. The lowest BCUT2D eigenvalue weighted by Gasteiger charge is -2.14. The first-order valence-electron chi connectivity index (χ1n) is 5.55. The van der Waals surface area contributed by atoms with Gasteiger partial charge in [0, 0.05) is 4.47 Å². The molecule has 0 saturated heterocycles. The van der Waals surface area contributed by atoms with Crippen molar-refractivity contribution in [2.24, 2.45) is 0 Å². The molecule has 0 saturated carbocycles. The predicted octanol–water partition coefficient (Wildman–Crippen LogP) is 2.70. The zero-order chi connectivity index (χ0) is 13.1. The minimum atomic E-state index is 0.0868. The number of nitrogens with zero attached hydrogens (tertiary/aromatic N) is 3. The highest BCUT2D eigenvalue weighted by molar-refractivity contribution is 9.10. The summed E-state index contributed by atoms with van der Waals surface area (Å²) in [5.74, 6) is 1.32. The van der Waals surface area contributed by atoms with Crippen LogP contribution in [-0.2, 0) is 0 Å². The number of hydrogen-bond acceptors (Lipinski definition) is 5. The third-order valence-electron chi connectivity index (χ3n) is 2.46. The molecule has 0 amide bonds. The number of nitrogen functional groups attached to an aromatic ring is 1. The third-order valence-corrected chi connectivity index (χ3v) is 2.95. The molecule has 1 unspecified atom stereocenters. The molecule has 2 aromatic rings. The van der Waals surface area contributed by atoms with Crippen LogP contribution in [0.2, 0.25) is 0 Å². The van der Waals surface area contributed by atoms with E-state index in [1.165, 1.54) is 0 Å². The molecule has 0 aliphatic heterocycles. The molecule has 6 heteroatoms. The molecule has 2 rings (SSSR count). The van der Waals surface area contributed by atoms with E-state index in [9.17, 15) is 0 Å². The monoisotopic (exact) mass is 307 g/mol. The van der Waals surface area contributed by atoms with Crippen LogP contribution in [0.15, 0.2) is 28.7 Å². The van der Waals surface area contributed by atoms with Gasteiger partial charge >= 0.3 is 0 Å². The first kappa shape index (κ1) is 12.8. The molecule has 0 fully saturated rings. The van der Waals surface area contributed by atoms with Crippen LogP contribution >= 0.6 is 15.9 Å². The number of benzene rings is 1. The molecular weight excluding hydrogens is 294 g/mol. The number of hydrogen-bond donors (Lipinski definition) is 2. The second-order valence-electron chi connectivity index (χ2n) is 3.99. The lowest BCUT2D eigenvalue weighted by molar-refractivity contribution is 0.847. The van der Waals surface area contributed by atoms with Crippen molar-refractivity contribution in [3.8, 4) is 0 Å². The maximum absolute atomic E-state index is 5.59. The Morgan fingerprint density at radius 1 is 1.28 bits per heavy atom. The standard InChI is InChI=1S/C12H14BrN5/c1-7(9-4-3-5-10(13)6-9)15-12-17-8(2)16-11(14)18-12/h3-7H,1-2H3,(H3,14,15,16,17,18). The van der Waals surface area contributed by atoms with Crippen molar-refractivity contribution in [2.45, 2.75) is 19.9 Å². The summed E-state index contributed by atoms with van der Waals surface area (Å²) in [4.78, 5) is 12.2. The Morgan fingerprint density at radius 2 is 2.06 bits per heavy atom. The topological polar surface area (TPSA) is 76.7 Å². The summed E-state index contributed by atoms with van der Waals surface area (Å²) in [6.45, 7) is 3.82. The number of nitrogens with two attached hydrogens (primary N) is 1. The number of rotatable bonds is 3. The van der Waals surface area contributed by atoms with E-state index < -0.39 is 0 Å². The van der Waals surface area contributed by atoms with Gasteiger partial charge in [-0.25, -0.2) is 0 Å². The molecule has 0 spiro atoms. The quantitative estimate of drug-likeness (QED) is 0.911. The van der Waals surface area contributed by atoms with Gasteiger partial charge in [0.1, 0.15) is 5.82 Å². The van der Waals surface area contributed by atoms with Crippen LogP contribution in [0.25, 0.3) is 0 Å². The number of halogens is 1. The summed E-state index contributed by atoms with van der Waals surface area (Å²) in [6.07, 6.45) is 0. The van der Waals surface area contributed by atoms with Gasteiger partial charge in [0.05, 0.1) is 6.04 Å². The van der Waals surface area contributed by atoms with Crippen molar-refractivity contribution in [2.75, 3.05) is 11.1 Å². The Bertz CT molecular complexity index is 538. The molecule has 1 heterocycles. The van der Waals surface area contributed by atoms with E-state index in [-0.39, 0.29) is 12.0 Å². The molecule has 3 N–H and O–H groups in total. The van der Waals surface area contributed by atoms with E-state index in [4.69, 9.17) is 5.73 Å². The van der Waals surface area contributed by atoms with Crippen molar-refractivity contribution in [3.63, 3.8) is 0 Å². The normalized spacial score (nSPS) is 12.2. The van der Waals surface area contributed by atoms with Gasteiger partial charge in [0.15, 0.2) is 0 Å². The van der Waals surface area contributed by atoms with Crippen molar-refractivity contribution < 1.29 is 0 Å². The molecule has 18 heavy (non-hydrogen) atoms. The van der Waals surface area contributed by atoms with E-state index in [2.05, 4.69) is 42.3 Å². The zero-order valence-electron chi connectivity index (χ0n) is 10.2. The third kappa shape index (κ3) is 3.16. The van der Waals surface area contributed by atoms with Crippen LogP contribution in [0.5, 0.6) is 0 Å². The van der Waals surface area contributed by atoms with E-state index >= 15 is 0 Å². The van der Waals surface area contributed by atoms with Crippen LogP contribution in [0.1, 0.15) is 24.4 Å². The van der Waals surface area contributed by atoms with Gasteiger partial charge in [-0.1, -0.05) is 28.1 Å². The summed E-state index contributed by atoms with van der Waals surface area (Å²) < 4.78 is 1.04. The lowest BCUT2D eigenvalue weighted by atomic mass is 10.1. The SMILES string of the molecule is Cc1nc(N)nc(NC(C)c2cccc(Br)c2)n1. The number of aryl methyl sites for hydroxylation is 1. The second kappa shape index (κ2) is 5.30. The Hall–Kier alpha value is -1.69. The van der Waals surface area contributed by atoms with Gasteiger partial charge in [0.25, 0.3) is 0 Å².